The van der Waals surface area contributed by atoms with Crippen molar-refractivity contribution >= 4 is 40.3 Å². The first-order chi connectivity index (χ1) is 12.4. The maximum absolute atomic E-state index is 13.2. The molecule has 1 aromatic carbocycles. The summed E-state index contributed by atoms with van der Waals surface area (Å²) >= 11 is 5.69. The summed E-state index contributed by atoms with van der Waals surface area (Å²) in [6.45, 7) is 1.85. The lowest BCUT2D eigenvalue weighted by atomic mass is 10.1. The zero-order chi connectivity index (χ0) is 18.8. The molecule has 0 aliphatic heterocycles. The van der Waals surface area contributed by atoms with Crippen LogP contribution in [0, 0.1) is 24.1 Å². The third-order valence-corrected chi connectivity index (χ3v) is 4.03. The van der Waals surface area contributed by atoms with Crippen LogP contribution in [-0.4, -0.2) is 20.7 Å². The number of carbonyl (C=O) groups is 1. The van der Waals surface area contributed by atoms with Crippen LogP contribution in [0.5, 0.6) is 0 Å². The molecule has 0 radical (unpaired) electrons. The highest BCUT2D eigenvalue weighted by Crippen LogP contribution is 2.21. The number of hydrogen-bond donors (Lipinski definition) is 1. The van der Waals surface area contributed by atoms with Gasteiger partial charge in [0.15, 0.2) is 5.65 Å². The van der Waals surface area contributed by atoms with Gasteiger partial charge in [-0.25, -0.2) is 9.37 Å². The molecule has 0 atom stereocenters. The Bertz CT molecular complexity index is 1100. The van der Waals surface area contributed by atoms with E-state index in [9.17, 15) is 14.4 Å². The van der Waals surface area contributed by atoms with Crippen molar-refractivity contribution in [2.75, 3.05) is 5.32 Å². The Morgan fingerprint density at radius 3 is 2.88 bits per heavy atom. The van der Waals surface area contributed by atoms with Crippen LogP contribution in [0.2, 0.25) is 5.02 Å². The number of anilines is 1. The van der Waals surface area contributed by atoms with Gasteiger partial charge in [-0.2, -0.15) is 10.4 Å². The number of amides is 1. The van der Waals surface area contributed by atoms with Gasteiger partial charge in [0.2, 0.25) is 0 Å². The summed E-state index contributed by atoms with van der Waals surface area (Å²) in [4.78, 5) is 16.6. The molecule has 3 aromatic rings. The molecule has 2 heterocycles. The molecule has 0 spiro atoms. The van der Waals surface area contributed by atoms with Crippen LogP contribution in [0.4, 0.5) is 10.1 Å². The zero-order valence-corrected chi connectivity index (χ0v) is 14.7. The van der Waals surface area contributed by atoms with Gasteiger partial charge in [0.25, 0.3) is 5.91 Å². The number of aromatic nitrogens is 3. The average molecular weight is 370 g/mol. The van der Waals surface area contributed by atoms with Crippen molar-refractivity contribution in [3.05, 3.63) is 58.1 Å². The number of benzene rings is 1. The lowest BCUT2D eigenvalue weighted by molar-refractivity contribution is -0.112. The van der Waals surface area contributed by atoms with Crippen molar-refractivity contribution in [1.82, 2.24) is 14.8 Å². The van der Waals surface area contributed by atoms with Gasteiger partial charge in [0.1, 0.15) is 17.5 Å². The highest BCUT2D eigenvalue weighted by atomic mass is 35.5. The van der Waals surface area contributed by atoms with E-state index in [1.807, 2.05) is 19.1 Å². The van der Waals surface area contributed by atoms with Crippen LogP contribution in [-0.2, 0) is 11.8 Å². The number of nitrogens with zero attached hydrogens (tertiary/aromatic N) is 4. The molecule has 26 heavy (non-hydrogen) atoms. The third-order valence-electron chi connectivity index (χ3n) is 3.74. The van der Waals surface area contributed by atoms with Crippen LogP contribution in [0.3, 0.4) is 0 Å². The number of aryl methyl sites for hydroxylation is 2. The zero-order valence-electron chi connectivity index (χ0n) is 13.9. The predicted molar refractivity (Wildman–Crippen MR) is 96.9 cm³/mol. The molecular formula is C18H13ClFN5O. The Hall–Kier alpha value is -3.24. The van der Waals surface area contributed by atoms with Crippen molar-refractivity contribution in [1.29, 1.82) is 5.26 Å². The summed E-state index contributed by atoms with van der Waals surface area (Å²) in [7, 11) is 1.79. The molecule has 3 rings (SSSR count). The van der Waals surface area contributed by atoms with Gasteiger partial charge >= 0.3 is 0 Å². The summed E-state index contributed by atoms with van der Waals surface area (Å²) in [6, 6.07) is 7.44. The third kappa shape index (κ3) is 3.41. The number of pyridine rings is 1. The molecule has 2 aromatic heterocycles. The molecule has 0 aliphatic rings. The minimum atomic E-state index is -0.627. The Morgan fingerprint density at radius 2 is 2.19 bits per heavy atom. The molecule has 1 amide bonds. The van der Waals surface area contributed by atoms with Crippen LogP contribution in [0.1, 0.15) is 11.3 Å². The van der Waals surface area contributed by atoms with E-state index in [-0.39, 0.29) is 10.6 Å². The molecule has 0 unspecified atom stereocenters. The molecule has 0 fully saturated rings. The van der Waals surface area contributed by atoms with Gasteiger partial charge in [0.05, 0.1) is 10.7 Å². The van der Waals surface area contributed by atoms with Crippen molar-refractivity contribution in [2.45, 2.75) is 6.92 Å². The van der Waals surface area contributed by atoms with E-state index < -0.39 is 11.7 Å². The van der Waals surface area contributed by atoms with Crippen LogP contribution in [0.25, 0.3) is 17.1 Å². The second-order valence-electron chi connectivity index (χ2n) is 5.60. The fourth-order valence-electron chi connectivity index (χ4n) is 2.49. The Morgan fingerprint density at radius 1 is 1.42 bits per heavy atom. The number of rotatable bonds is 3. The Kier molecular flexibility index (Phi) is 4.69. The largest absolute Gasteiger partial charge is 0.321 e. The lowest BCUT2D eigenvalue weighted by Gasteiger charge is -2.05. The van der Waals surface area contributed by atoms with E-state index in [4.69, 9.17) is 11.6 Å². The molecule has 130 valence electrons. The summed E-state index contributed by atoms with van der Waals surface area (Å²) in [5.41, 5.74) is 2.28. The number of nitrogens with one attached hydrogen (secondary N) is 1. The Labute approximate surface area is 153 Å². The number of nitriles is 1. The smallest absolute Gasteiger partial charge is 0.266 e. The maximum Gasteiger partial charge on any atom is 0.266 e. The topological polar surface area (TPSA) is 83.6 Å². The highest BCUT2D eigenvalue weighted by Gasteiger charge is 2.12. The first-order valence-electron chi connectivity index (χ1n) is 7.56. The quantitative estimate of drug-likeness (QED) is 0.564. The number of carbonyl (C=O) groups excluding carboxylic acids is 1. The van der Waals surface area contributed by atoms with Crippen molar-refractivity contribution in [2.24, 2.45) is 7.05 Å². The summed E-state index contributed by atoms with van der Waals surface area (Å²) in [5.74, 6) is -1.22. The molecule has 6 nitrogen and oxygen atoms in total. The van der Waals surface area contributed by atoms with Gasteiger partial charge < -0.3 is 5.32 Å². The van der Waals surface area contributed by atoms with Crippen LogP contribution in [0.15, 0.2) is 36.0 Å². The first-order valence-corrected chi connectivity index (χ1v) is 7.94. The van der Waals surface area contributed by atoms with Gasteiger partial charge in [0, 0.05) is 24.3 Å². The van der Waals surface area contributed by atoms with E-state index >= 15 is 0 Å². The van der Waals surface area contributed by atoms with Crippen molar-refractivity contribution < 1.29 is 9.18 Å². The lowest BCUT2D eigenvalue weighted by Crippen LogP contribution is -2.13. The first kappa shape index (κ1) is 17.6. The number of halogens is 2. The maximum atomic E-state index is 13.2. The standard InChI is InChI=1S/C18H13ClFN5O/c1-10-14-6-11(9-22-17(14)25(2)24-10)5-12(8-21)18(26)23-13-3-4-16(20)15(19)7-13/h3-7,9H,1-2H3,(H,23,26)/b12-5-. The summed E-state index contributed by atoms with van der Waals surface area (Å²) < 4.78 is 14.8. The fourth-order valence-corrected chi connectivity index (χ4v) is 2.67. The van der Waals surface area contributed by atoms with Gasteiger partial charge in [-0.05, 0) is 42.8 Å². The number of hydrogen-bond acceptors (Lipinski definition) is 4. The van der Waals surface area contributed by atoms with E-state index in [0.29, 0.717) is 16.9 Å². The van der Waals surface area contributed by atoms with Gasteiger partial charge in [-0.15, -0.1) is 0 Å². The second kappa shape index (κ2) is 6.94. The van der Waals surface area contributed by atoms with Gasteiger partial charge in [-0.1, -0.05) is 11.6 Å². The molecular weight excluding hydrogens is 357 g/mol. The number of fused-ring (bicyclic) bond motifs is 1. The second-order valence-corrected chi connectivity index (χ2v) is 6.01. The molecule has 1 N–H and O–H groups in total. The van der Waals surface area contributed by atoms with E-state index in [2.05, 4.69) is 15.4 Å². The minimum Gasteiger partial charge on any atom is -0.321 e. The fraction of sp³-hybridized carbons (Fsp3) is 0.111. The average Bonchev–Trinajstić information content (AvgIpc) is 2.89. The monoisotopic (exact) mass is 369 g/mol. The summed E-state index contributed by atoms with van der Waals surface area (Å²) in [5, 5.41) is 16.8. The molecule has 0 saturated heterocycles. The summed E-state index contributed by atoms with van der Waals surface area (Å²) in [6.07, 6.45) is 2.99. The molecule has 0 saturated carbocycles. The van der Waals surface area contributed by atoms with E-state index in [0.717, 1.165) is 17.1 Å². The SMILES string of the molecule is Cc1nn(C)c2ncc(/C=C(/C#N)C(=O)Nc3ccc(F)c(Cl)c3)cc12. The van der Waals surface area contributed by atoms with Crippen LogP contribution >= 0.6 is 11.6 Å². The van der Waals surface area contributed by atoms with Gasteiger partial charge in [-0.3, -0.25) is 9.48 Å². The molecule has 0 bridgehead atoms. The minimum absolute atomic E-state index is 0.117. The van der Waals surface area contributed by atoms with Crippen LogP contribution < -0.4 is 5.32 Å². The van der Waals surface area contributed by atoms with Crippen molar-refractivity contribution in [3.63, 3.8) is 0 Å². The molecule has 0 aliphatic carbocycles. The Balaban J connectivity index is 1.90. The normalized spacial score (nSPS) is 11.4. The molecule has 8 heteroatoms. The predicted octanol–water partition coefficient (Wildman–Crippen LogP) is 3.61. The van der Waals surface area contributed by atoms with E-state index in [1.165, 1.54) is 18.2 Å². The highest BCUT2D eigenvalue weighted by molar-refractivity contribution is 6.31. The van der Waals surface area contributed by atoms with Crippen molar-refractivity contribution in [3.8, 4) is 6.07 Å². The van der Waals surface area contributed by atoms with E-state index in [1.54, 1.807) is 17.9 Å².